The van der Waals surface area contributed by atoms with Crippen molar-refractivity contribution in [1.82, 2.24) is 40.2 Å². The van der Waals surface area contributed by atoms with Crippen molar-refractivity contribution in [1.29, 1.82) is 10.5 Å². The van der Waals surface area contributed by atoms with E-state index in [1.54, 1.807) is 36.7 Å². The minimum atomic E-state index is -0.629. The number of amides is 2. The number of carbonyl (C=O) groups is 2. The molecule has 18 nitrogen and oxygen atoms in total. The normalized spacial score (nSPS) is 18.1. The van der Waals surface area contributed by atoms with Crippen molar-refractivity contribution in [2.24, 2.45) is 0 Å². The van der Waals surface area contributed by atoms with Crippen molar-refractivity contribution in [3.05, 3.63) is 118 Å². The SMILES string of the molecule is N#Cc1cccc(F)c1-c1cc(-n2ccc(N3CCOCC(O)C3)n2)c2c(n1)CNC2=O.N#Cc1cccc(F)c1-c1cc(-n2ccc(N3CCOC[C@@H](O)C3)n2)c2c(n1)CNC2=O. The number of pyridine rings is 2. The summed E-state index contributed by atoms with van der Waals surface area (Å²) in [7, 11) is 0. The van der Waals surface area contributed by atoms with Gasteiger partial charge in [-0.3, -0.25) is 9.59 Å². The molecule has 4 aromatic heterocycles. The first kappa shape index (κ1) is 41.7. The minimum absolute atomic E-state index is 0.0820. The maximum Gasteiger partial charge on any atom is 0.255 e. The second kappa shape index (κ2) is 17.6. The lowest BCUT2D eigenvalue weighted by Gasteiger charge is -2.20. The summed E-state index contributed by atoms with van der Waals surface area (Å²) in [6.45, 7) is 3.74. The predicted molar refractivity (Wildman–Crippen MR) is 223 cm³/mol. The van der Waals surface area contributed by atoms with Crippen LogP contribution in [0.15, 0.2) is 73.1 Å². The standard InChI is InChI=1S/2C22H19FN6O3/c2*23-15-3-1-2-13(9-24)20(15)16-8-18(21-17(26-16)10-25-22(21)31)29-5-4-19(27-29)28-6-7-32-12-14(30)11-28/h2*1-5,8,14,30H,6-7,10-12H2,(H,25,31)/t14-;/m0./s1. The van der Waals surface area contributed by atoms with E-state index in [0.717, 1.165) is 0 Å². The fourth-order valence-corrected chi connectivity index (χ4v) is 8.03. The molecule has 2 fully saturated rings. The highest BCUT2D eigenvalue weighted by atomic mass is 19.1. The second-order valence-corrected chi connectivity index (χ2v) is 15.2. The Labute approximate surface area is 363 Å². The quantitative estimate of drug-likeness (QED) is 0.189. The van der Waals surface area contributed by atoms with Crippen LogP contribution in [0.1, 0.15) is 43.2 Å². The van der Waals surface area contributed by atoms with E-state index in [0.29, 0.717) is 84.9 Å². The van der Waals surface area contributed by atoms with Crippen LogP contribution in [0.3, 0.4) is 0 Å². The predicted octanol–water partition coefficient (Wildman–Crippen LogP) is 2.77. The number of aliphatic hydroxyl groups is 2. The van der Waals surface area contributed by atoms with Crippen LogP contribution in [0.25, 0.3) is 33.9 Å². The van der Waals surface area contributed by atoms with Gasteiger partial charge in [-0.05, 0) is 36.4 Å². The number of halogens is 2. The maximum atomic E-state index is 14.7. The number of hydrogen-bond donors (Lipinski definition) is 4. The van der Waals surface area contributed by atoms with Crippen molar-refractivity contribution >= 4 is 23.5 Å². The molecule has 4 N–H and O–H groups in total. The Morgan fingerprint density at radius 2 is 1.09 bits per heavy atom. The number of hydrogen-bond acceptors (Lipinski definition) is 14. The molecule has 0 aliphatic carbocycles. The van der Waals surface area contributed by atoms with Crippen molar-refractivity contribution < 1.29 is 38.1 Å². The Hall–Kier alpha value is -7.62. The number of aliphatic hydroxyl groups excluding tert-OH is 2. The summed E-state index contributed by atoms with van der Waals surface area (Å²) < 4.78 is 43.2. The first-order valence-electron chi connectivity index (χ1n) is 20.3. The molecule has 2 saturated heterocycles. The van der Waals surface area contributed by atoms with Crippen molar-refractivity contribution in [2.45, 2.75) is 25.3 Å². The van der Waals surface area contributed by atoms with Gasteiger partial charge >= 0.3 is 0 Å². The molecule has 4 aliphatic heterocycles. The Morgan fingerprint density at radius 3 is 1.52 bits per heavy atom. The third-order valence-corrected chi connectivity index (χ3v) is 11.0. The zero-order valence-corrected chi connectivity index (χ0v) is 33.9. The first-order chi connectivity index (χ1) is 31.1. The number of β-amino-alcohol motifs (C(OH)–C–C–N with tert-alkyl or cyclic N) is 2. The summed E-state index contributed by atoms with van der Waals surface area (Å²) in [5.41, 5.74) is 3.49. The number of rotatable bonds is 6. The molecule has 6 aromatic rings. The Morgan fingerprint density at radius 1 is 0.656 bits per heavy atom. The molecular weight excluding hydrogens is 831 g/mol. The fourth-order valence-electron chi connectivity index (χ4n) is 8.03. The fraction of sp³-hybridized carbons (Fsp3) is 0.273. The molecule has 8 heterocycles. The van der Waals surface area contributed by atoms with Crippen LogP contribution in [0.5, 0.6) is 0 Å². The number of anilines is 2. The average molecular weight is 869 g/mol. The van der Waals surface area contributed by atoms with E-state index in [4.69, 9.17) is 9.47 Å². The number of fused-ring (bicyclic) bond motifs is 2. The lowest BCUT2D eigenvalue weighted by Crippen LogP contribution is -2.33. The van der Waals surface area contributed by atoms with Crippen LogP contribution in [0.2, 0.25) is 0 Å². The lowest BCUT2D eigenvalue weighted by molar-refractivity contribution is 0.0597. The summed E-state index contributed by atoms with van der Waals surface area (Å²) in [5.74, 6) is -0.497. The molecule has 2 amide bonds. The largest absolute Gasteiger partial charge is 0.389 e. The third-order valence-electron chi connectivity index (χ3n) is 11.0. The van der Waals surface area contributed by atoms with E-state index in [-0.39, 0.29) is 71.8 Å². The molecule has 64 heavy (non-hydrogen) atoms. The van der Waals surface area contributed by atoms with Crippen LogP contribution in [-0.4, -0.2) is 116 Å². The Balaban J connectivity index is 0.000000162. The maximum absolute atomic E-state index is 14.7. The molecule has 0 bridgehead atoms. The molecular formula is C44H38F2N12O6. The number of nitriles is 2. The molecule has 2 aromatic carbocycles. The van der Waals surface area contributed by atoms with E-state index >= 15 is 0 Å². The van der Waals surface area contributed by atoms with Gasteiger partial charge in [0.15, 0.2) is 11.6 Å². The van der Waals surface area contributed by atoms with E-state index in [2.05, 4.69) is 30.8 Å². The molecule has 10 rings (SSSR count). The summed E-state index contributed by atoms with van der Waals surface area (Å²) in [4.78, 5) is 37.8. The molecule has 0 radical (unpaired) electrons. The smallest absolute Gasteiger partial charge is 0.255 e. The summed E-state index contributed by atoms with van der Waals surface area (Å²) >= 11 is 0. The number of carbonyl (C=O) groups excluding carboxylic acids is 2. The first-order valence-corrected chi connectivity index (χ1v) is 20.3. The van der Waals surface area contributed by atoms with E-state index in [1.165, 1.54) is 45.8 Å². The Bertz CT molecular complexity index is 2700. The highest BCUT2D eigenvalue weighted by Crippen LogP contribution is 2.34. The van der Waals surface area contributed by atoms with Crippen molar-refractivity contribution in [3.8, 4) is 46.0 Å². The van der Waals surface area contributed by atoms with Crippen LogP contribution in [0.4, 0.5) is 20.4 Å². The van der Waals surface area contributed by atoms with E-state index in [1.807, 2.05) is 21.9 Å². The van der Waals surface area contributed by atoms with Gasteiger partial charge in [-0.25, -0.2) is 28.1 Å². The number of aromatic nitrogens is 6. The van der Waals surface area contributed by atoms with Gasteiger partial charge in [0.05, 0.1) is 131 Å². The number of ether oxygens (including phenoxy) is 2. The van der Waals surface area contributed by atoms with Crippen LogP contribution in [-0.2, 0) is 22.6 Å². The summed E-state index contributed by atoms with van der Waals surface area (Å²) in [5, 5.41) is 53.6. The van der Waals surface area contributed by atoms with Gasteiger partial charge in [-0.15, -0.1) is 0 Å². The molecule has 0 saturated carbocycles. The highest BCUT2D eigenvalue weighted by Gasteiger charge is 2.31. The van der Waals surface area contributed by atoms with Gasteiger partial charge in [-0.1, -0.05) is 12.1 Å². The number of benzene rings is 2. The van der Waals surface area contributed by atoms with Gasteiger partial charge in [0.1, 0.15) is 11.6 Å². The zero-order chi connectivity index (χ0) is 44.5. The number of nitrogens with one attached hydrogen (secondary N) is 2. The van der Waals surface area contributed by atoms with Gasteiger partial charge in [0.2, 0.25) is 0 Å². The molecule has 20 heteroatoms. The monoisotopic (exact) mass is 868 g/mol. The highest BCUT2D eigenvalue weighted by molar-refractivity contribution is 6.02. The molecule has 1 unspecified atom stereocenters. The second-order valence-electron chi connectivity index (χ2n) is 15.2. The molecule has 0 spiro atoms. The zero-order valence-electron chi connectivity index (χ0n) is 33.9. The minimum Gasteiger partial charge on any atom is -0.389 e. The van der Waals surface area contributed by atoms with Gasteiger partial charge < -0.3 is 40.1 Å². The Kier molecular flexibility index (Phi) is 11.5. The third kappa shape index (κ3) is 8.09. The topological polar surface area (TPSA) is 233 Å². The van der Waals surface area contributed by atoms with Crippen LogP contribution < -0.4 is 20.4 Å². The summed E-state index contributed by atoms with van der Waals surface area (Å²) in [6, 6.07) is 19.2. The lowest BCUT2D eigenvalue weighted by atomic mass is 10.0. The van der Waals surface area contributed by atoms with E-state index in [9.17, 15) is 39.1 Å². The number of nitrogens with zero attached hydrogens (tertiary/aromatic N) is 10. The van der Waals surface area contributed by atoms with Gasteiger partial charge in [0.25, 0.3) is 11.8 Å². The van der Waals surface area contributed by atoms with Gasteiger partial charge in [-0.2, -0.15) is 20.7 Å². The average Bonchev–Trinajstić information content (AvgIpc) is 4.08. The summed E-state index contributed by atoms with van der Waals surface area (Å²) in [6.07, 6.45) is 2.14. The van der Waals surface area contributed by atoms with E-state index < -0.39 is 23.8 Å². The van der Waals surface area contributed by atoms with Gasteiger partial charge in [0, 0.05) is 50.7 Å². The van der Waals surface area contributed by atoms with Crippen LogP contribution in [0, 0.1) is 34.3 Å². The molecule has 4 aliphatic rings. The molecule has 324 valence electrons. The molecule has 2 atom stereocenters. The van der Waals surface area contributed by atoms with Crippen molar-refractivity contribution in [3.63, 3.8) is 0 Å². The van der Waals surface area contributed by atoms with Crippen LogP contribution >= 0.6 is 0 Å². The van der Waals surface area contributed by atoms with Crippen molar-refractivity contribution in [2.75, 3.05) is 62.4 Å².